The number of rotatable bonds is 6. The molecule has 0 radical (unpaired) electrons. The van der Waals surface area contributed by atoms with E-state index in [-0.39, 0.29) is 11.7 Å². The van der Waals surface area contributed by atoms with Crippen molar-refractivity contribution in [1.82, 2.24) is 15.2 Å². The summed E-state index contributed by atoms with van der Waals surface area (Å²) in [6.07, 6.45) is 2.26. The van der Waals surface area contributed by atoms with Crippen LogP contribution in [0.2, 0.25) is 0 Å². The molecule has 0 bridgehead atoms. The van der Waals surface area contributed by atoms with Crippen molar-refractivity contribution in [2.45, 2.75) is 32.4 Å². The van der Waals surface area contributed by atoms with Crippen molar-refractivity contribution < 1.29 is 9.47 Å². The van der Waals surface area contributed by atoms with Crippen LogP contribution in [0, 0.1) is 0 Å². The number of H-pyrrole nitrogens is 1. The SMILES string of the molecule is CCNC(=S)N(Cc1cc2cc(OC)ccc2[nH]c1=O)C[C@H]1CCCO1. The Balaban J connectivity index is 1.87. The van der Waals surface area contributed by atoms with Gasteiger partial charge < -0.3 is 24.7 Å². The van der Waals surface area contributed by atoms with Crippen LogP contribution in [0.4, 0.5) is 0 Å². The number of hydrogen-bond acceptors (Lipinski definition) is 4. The molecule has 0 spiro atoms. The number of ether oxygens (including phenoxy) is 2. The van der Waals surface area contributed by atoms with Gasteiger partial charge in [-0.2, -0.15) is 0 Å². The summed E-state index contributed by atoms with van der Waals surface area (Å²) in [6.45, 7) is 4.66. The van der Waals surface area contributed by atoms with Crippen molar-refractivity contribution in [2.24, 2.45) is 0 Å². The standard InChI is InChI=1S/C19H25N3O3S/c1-3-20-19(26)22(12-16-5-4-8-25-16)11-14-9-13-10-15(24-2)6-7-17(13)21-18(14)23/h6-7,9-10,16H,3-5,8,11-12H2,1-2H3,(H,20,26)(H,21,23)/t16-/m1/s1. The first-order valence-electron chi connectivity index (χ1n) is 8.95. The molecular weight excluding hydrogens is 350 g/mol. The number of nitrogens with zero attached hydrogens (tertiary/aromatic N) is 1. The molecular formula is C19H25N3O3S. The van der Waals surface area contributed by atoms with Crippen LogP contribution in [-0.2, 0) is 11.3 Å². The van der Waals surface area contributed by atoms with Crippen molar-refractivity contribution in [3.8, 4) is 5.75 Å². The van der Waals surface area contributed by atoms with Crippen molar-refractivity contribution >= 4 is 28.2 Å². The third kappa shape index (κ3) is 4.34. The molecule has 0 amide bonds. The fraction of sp³-hybridized carbons (Fsp3) is 0.474. The third-order valence-corrected chi connectivity index (χ3v) is 4.96. The second-order valence-electron chi connectivity index (χ2n) is 6.43. The van der Waals surface area contributed by atoms with E-state index in [0.717, 1.165) is 42.6 Å². The molecule has 1 saturated heterocycles. The minimum absolute atomic E-state index is 0.0979. The molecule has 1 atom stereocenters. The topological polar surface area (TPSA) is 66.6 Å². The number of pyridine rings is 1. The summed E-state index contributed by atoms with van der Waals surface area (Å²) in [7, 11) is 1.63. The van der Waals surface area contributed by atoms with Gasteiger partial charge in [-0.05, 0) is 56.2 Å². The summed E-state index contributed by atoms with van der Waals surface area (Å²) in [5, 5.41) is 4.77. The van der Waals surface area contributed by atoms with E-state index < -0.39 is 0 Å². The zero-order valence-corrected chi connectivity index (χ0v) is 16.0. The Kier molecular flexibility index (Phi) is 6.11. The minimum atomic E-state index is -0.0979. The first-order chi connectivity index (χ1) is 12.6. The fourth-order valence-electron chi connectivity index (χ4n) is 3.20. The number of aromatic amines is 1. The lowest BCUT2D eigenvalue weighted by molar-refractivity contribution is 0.0897. The van der Waals surface area contributed by atoms with Crippen LogP contribution in [0.3, 0.4) is 0 Å². The zero-order chi connectivity index (χ0) is 18.5. The molecule has 2 N–H and O–H groups in total. The maximum Gasteiger partial charge on any atom is 0.253 e. The molecule has 140 valence electrons. The van der Waals surface area contributed by atoms with Crippen LogP contribution in [0.5, 0.6) is 5.75 Å². The van der Waals surface area contributed by atoms with E-state index in [0.29, 0.717) is 23.8 Å². The minimum Gasteiger partial charge on any atom is -0.497 e. The normalized spacial score (nSPS) is 16.6. The van der Waals surface area contributed by atoms with E-state index >= 15 is 0 Å². The lowest BCUT2D eigenvalue weighted by Gasteiger charge is -2.28. The molecule has 2 aromatic rings. The second-order valence-corrected chi connectivity index (χ2v) is 6.81. The van der Waals surface area contributed by atoms with Gasteiger partial charge in [-0.3, -0.25) is 4.79 Å². The summed E-state index contributed by atoms with van der Waals surface area (Å²) in [6, 6.07) is 7.52. The molecule has 26 heavy (non-hydrogen) atoms. The van der Waals surface area contributed by atoms with Crippen LogP contribution in [0.15, 0.2) is 29.1 Å². The van der Waals surface area contributed by atoms with Gasteiger partial charge in [0.05, 0.1) is 19.8 Å². The smallest absolute Gasteiger partial charge is 0.253 e. The van der Waals surface area contributed by atoms with Crippen molar-refractivity contribution in [3.05, 3.63) is 40.2 Å². The molecule has 1 aliphatic heterocycles. The van der Waals surface area contributed by atoms with Crippen LogP contribution >= 0.6 is 12.2 Å². The number of benzene rings is 1. The molecule has 1 aromatic carbocycles. The van der Waals surface area contributed by atoms with Gasteiger partial charge in [-0.1, -0.05) is 0 Å². The highest BCUT2D eigenvalue weighted by Crippen LogP contribution is 2.20. The Bertz CT molecular complexity index is 830. The van der Waals surface area contributed by atoms with E-state index in [1.54, 1.807) is 7.11 Å². The maximum absolute atomic E-state index is 12.5. The summed E-state index contributed by atoms with van der Waals surface area (Å²) >= 11 is 5.51. The zero-order valence-electron chi connectivity index (χ0n) is 15.2. The predicted octanol–water partition coefficient (Wildman–Crippen LogP) is 2.41. The summed E-state index contributed by atoms with van der Waals surface area (Å²) in [5.41, 5.74) is 1.36. The van der Waals surface area contributed by atoms with E-state index in [1.807, 2.05) is 36.1 Å². The Hall–Kier alpha value is -2.12. The quantitative estimate of drug-likeness (QED) is 0.756. The number of thiocarbonyl (C=S) groups is 1. The molecule has 1 aromatic heterocycles. The molecule has 2 heterocycles. The van der Waals surface area contributed by atoms with Crippen LogP contribution < -0.4 is 15.6 Å². The molecule has 3 rings (SSSR count). The van der Waals surface area contributed by atoms with Crippen molar-refractivity contribution in [2.75, 3.05) is 26.8 Å². The van der Waals surface area contributed by atoms with Gasteiger partial charge in [0.25, 0.3) is 5.56 Å². The average Bonchev–Trinajstić information content (AvgIpc) is 3.14. The van der Waals surface area contributed by atoms with Gasteiger partial charge in [0.15, 0.2) is 5.11 Å². The molecule has 0 unspecified atom stereocenters. The lowest BCUT2D eigenvalue weighted by Crippen LogP contribution is -2.43. The van der Waals surface area contributed by atoms with Crippen molar-refractivity contribution in [1.29, 1.82) is 0 Å². The number of hydrogen-bond donors (Lipinski definition) is 2. The largest absolute Gasteiger partial charge is 0.497 e. The predicted molar refractivity (Wildman–Crippen MR) is 107 cm³/mol. The monoisotopic (exact) mass is 375 g/mol. The van der Waals surface area contributed by atoms with Gasteiger partial charge in [0.1, 0.15) is 5.75 Å². The summed E-state index contributed by atoms with van der Waals surface area (Å²) in [4.78, 5) is 17.5. The first-order valence-corrected chi connectivity index (χ1v) is 9.36. The Morgan fingerprint density at radius 1 is 1.46 bits per heavy atom. The van der Waals surface area contributed by atoms with Gasteiger partial charge in [0, 0.05) is 36.2 Å². The van der Waals surface area contributed by atoms with E-state index in [4.69, 9.17) is 21.7 Å². The number of aromatic nitrogens is 1. The average molecular weight is 375 g/mol. The fourth-order valence-corrected chi connectivity index (χ4v) is 3.48. The second kappa shape index (κ2) is 8.51. The van der Waals surface area contributed by atoms with E-state index in [2.05, 4.69) is 10.3 Å². The Morgan fingerprint density at radius 3 is 3.00 bits per heavy atom. The molecule has 1 aliphatic rings. The number of methoxy groups -OCH3 is 1. The van der Waals surface area contributed by atoms with Gasteiger partial charge in [-0.25, -0.2) is 0 Å². The summed E-state index contributed by atoms with van der Waals surface area (Å²) < 4.78 is 11.0. The number of nitrogens with one attached hydrogen (secondary N) is 2. The highest BCUT2D eigenvalue weighted by Gasteiger charge is 2.21. The van der Waals surface area contributed by atoms with Gasteiger partial charge in [0.2, 0.25) is 0 Å². The molecule has 0 saturated carbocycles. The van der Waals surface area contributed by atoms with Crippen LogP contribution in [-0.4, -0.2) is 47.9 Å². The Labute approximate surface area is 158 Å². The first kappa shape index (κ1) is 18.7. The Morgan fingerprint density at radius 2 is 2.31 bits per heavy atom. The lowest BCUT2D eigenvalue weighted by atomic mass is 10.1. The molecule has 6 nitrogen and oxygen atoms in total. The van der Waals surface area contributed by atoms with Crippen LogP contribution in [0.1, 0.15) is 25.3 Å². The highest BCUT2D eigenvalue weighted by molar-refractivity contribution is 7.80. The van der Waals surface area contributed by atoms with E-state index in [1.165, 1.54) is 0 Å². The molecule has 1 fully saturated rings. The maximum atomic E-state index is 12.5. The van der Waals surface area contributed by atoms with Gasteiger partial charge in [-0.15, -0.1) is 0 Å². The van der Waals surface area contributed by atoms with Crippen LogP contribution in [0.25, 0.3) is 10.9 Å². The highest BCUT2D eigenvalue weighted by atomic mass is 32.1. The summed E-state index contributed by atoms with van der Waals surface area (Å²) in [5.74, 6) is 0.759. The van der Waals surface area contributed by atoms with Crippen molar-refractivity contribution in [3.63, 3.8) is 0 Å². The van der Waals surface area contributed by atoms with Gasteiger partial charge >= 0.3 is 0 Å². The molecule has 0 aliphatic carbocycles. The van der Waals surface area contributed by atoms with E-state index in [9.17, 15) is 4.79 Å². The number of fused-ring (bicyclic) bond motifs is 1. The third-order valence-electron chi connectivity index (χ3n) is 4.55. The molecule has 7 heteroatoms.